The summed E-state index contributed by atoms with van der Waals surface area (Å²) in [4.78, 5) is 10.8. The van der Waals surface area contributed by atoms with E-state index in [-0.39, 0.29) is 6.04 Å². The van der Waals surface area contributed by atoms with Crippen molar-refractivity contribution >= 4 is 11.7 Å². The van der Waals surface area contributed by atoms with Gasteiger partial charge in [-0.15, -0.1) is 0 Å². The number of methoxy groups -OCH3 is 1. The maximum atomic E-state index is 10.8. The van der Waals surface area contributed by atoms with Gasteiger partial charge in [0.1, 0.15) is 5.75 Å². The van der Waals surface area contributed by atoms with E-state index in [1.165, 1.54) is 0 Å². The molecule has 0 saturated carbocycles. The van der Waals surface area contributed by atoms with Crippen LogP contribution in [0.1, 0.15) is 19.4 Å². The second-order valence-corrected chi connectivity index (χ2v) is 4.24. The number of benzene rings is 1. The van der Waals surface area contributed by atoms with Crippen LogP contribution in [0.25, 0.3) is 0 Å². The van der Waals surface area contributed by atoms with Crippen LogP contribution >= 0.6 is 0 Å². The second-order valence-electron chi connectivity index (χ2n) is 4.24. The van der Waals surface area contributed by atoms with E-state index >= 15 is 0 Å². The molecule has 0 fully saturated rings. The second kappa shape index (κ2) is 5.57. The Morgan fingerprint density at radius 2 is 2.06 bits per heavy atom. The Bertz CT molecular complexity index is 404. The molecular formula is C13H19NO3. The fraction of sp³-hybridized carbons (Fsp3) is 0.462. The van der Waals surface area contributed by atoms with Crippen molar-refractivity contribution in [3.05, 3.63) is 23.8 Å². The average Bonchev–Trinajstić information content (AvgIpc) is 2.28. The lowest BCUT2D eigenvalue weighted by Gasteiger charge is -2.19. The van der Waals surface area contributed by atoms with Gasteiger partial charge in [-0.2, -0.15) is 0 Å². The molecule has 17 heavy (non-hydrogen) atoms. The summed E-state index contributed by atoms with van der Waals surface area (Å²) in [5.41, 5.74) is 1.93. The van der Waals surface area contributed by atoms with E-state index in [2.05, 4.69) is 5.32 Å². The third-order valence-corrected chi connectivity index (χ3v) is 2.93. The van der Waals surface area contributed by atoms with Gasteiger partial charge in [-0.3, -0.25) is 4.79 Å². The Kier molecular flexibility index (Phi) is 4.37. The molecule has 0 aliphatic carbocycles. The van der Waals surface area contributed by atoms with Gasteiger partial charge in [0.2, 0.25) is 0 Å². The molecule has 0 aliphatic rings. The van der Waals surface area contributed by atoms with Crippen LogP contribution < -0.4 is 10.1 Å². The Balaban J connectivity index is 2.75. The van der Waals surface area contributed by atoms with Gasteiger partial charge in [-0.1, -0.05) is 0 Å². The first-order chi connectivity index (χ1) is 7.95. The van der Waals surface area contributed by atoms with Crippen molar-refractivity contribution < 1.29 is 14.6 Å². The highest BCUT2D eigenvalue weighted by Crippen LogP contribution is 2.22. The highest BCUT2D eigenvalue weighted by molar-refractivity contribution is 5.71. The van der Waals surface area contributed by atoms with Crippen molar-refractivity contribution in [2.45, 2.75) is 26.8 Å². The number of carboxylic acids is 1. The minimum atomic E-state index is -0.796. The van der Waals surface area contributed by atoms with Crippen LogP contribution in [0.4, 0.5) is 5.69 Å². The first-order valence-corrected chi connectivity index (χ1v) is 5.59. The standard InChI is InChI=1S/C13H19NO3/c1-8-7-11(5-6-12(8)17-4)14-10(3)9(2)13(15)16/h5-7,9-10,14H,1-4H3,(H,15,16). The van der Waals surface area contributed by atoms with Gasteiger partial charge >= 0.3 is 5.97 Å². The monoisotopic (exact) mass is 237 g/mol. The molecule has 0 bridgehead atoms. The summed E-state index contributed by atoms with van der Waals surface area (Å²) < 4.78 is 5.17. The van der Waals surface area contributed by atoms with Crippen molar-refractivity contribution in [2.75, 3.05) is 12.4 Å². The van der Waals surface area contributed by atoms with Crippen molar-refractivity contribution in [1.29, 1.82) is 0 Å². The van der Waals surface area contributed by atoms with Crippen LogP contribution in [-0.4, -0.2) is 24.2 Å². The smallest absolute Gasteiger partial charge is 0.308 e. The summed E-state index contributed by atoms with van der Waals surface area (Å²) in [6.45, 7) is 5.50. The summed E-state index contributed by atoms with van der Waals surface area (Å²) in [5, 5.41) is 12.1. The van der Waals surface area contributed by atoms with Gasteiger partial charge in [0.15, 0.2) is 0 Å². The number of aryl methyl sites for hydroxylation is 1. The Hall–Kier alpha value is -1.71. The number of aliphatic carboxylic acids is 1. The van der Waals surface area contributed by atoms with Crippen LogP contribution in [0.3, 0.4) is 0 Å². The fourth-order valence-corrected chi connectivity index (χ4v) is 1.57. The van der Waals surface area contributed by atoms with E-state index in [0.29, 0.717) is 0 Å². The number of hydrogen-bond acceptors (Lipinski definition) is 3. The molecule has 2 N–H and O–H groups in total. The van der Waals surface area contributed by atoms with Crippen molar-refractivity contribution in [3.8, 4) is 5.75 Å². The molecular weight excluding hydrogens is 218 g/mol. The van der Waals surface area contributed by atoms with Gasteiger partial charge < -0.3 is 15.2 Å². The molecule has 0 amide bonds. The van der Waals surface area contributed by atoms with Gasteiger partial charge in [0.05, 0.1) is 13.0 Å². The maximum absolute atomic E-state index is 10.8. The number of rotatable bonds is 5. The predicted octanol–water partition coefficient (Wildman–Crippen LogP) is 2.52. The van der Waals surface area contributed by atoms with Crippen LogP contribution in [0.2, 0.25) is 0 Å². The summed E-state index contributed by atoms with van der Waals surface area (Å²) in [6.07, 6.45) is 0. The molecule has 2 unspecified atom stereocenters. The van der Waals surface area contributed by atoms with Crippen molar-refractivity contribution in [2.24, 2.45) is 5.92 Å². The van der Waals surface area contributed by atoms with E-state index in [1.54, 1.807) is 14.0 Å². The summed E-state index contributed by atoms with van der Waals surface area (Å²) >= 11 is 0. The lowest BCUT2D eigenvalue weighted by molar-refractivity contribution is -0.141. The van der Waals surface area contributed by atoms with E-state index in [4.69, 9.17) is 9.84 Å². The van der Waals surface area contributed by atoms with E-state index in [0.717, 1.165) is 17.0 Å². The molecule has 0 heterocycles. The number of hydrogen-bond donors (Lipinski definition) is 2. The average molecular weight is 237 g/mol. The number of nitrogens with one attached hydrogen (secondary N) is 1. The zero-order valence-corrected chi connectivity index (χ0v) is 10.7. The lowest BCUT2D eigenvalue weighted by Crippen LogP contribution is -2.29. The number of carboxylic acid groups (broad SMARTS) is 1. The molecule has 4 nitrogen and oxygen atoms in total. The van der Waals surface area contributed by atoms with Gasteiger partial charge in [-0.25, -0.2) is 0 Å². The molecule has 0 saturated heterocycles. The van der Waals surface area contributed by atoms with Gasteiger partial charge in [-0.05, 0) is 44.5 Å². The third kappa shape index (κ3) is 3.37. The van der Waals surface area contributed by atoms with E-state index < -0.39 is 11.9 Å². The minimum absolute atomic E-state index is 0.125. The minimum Gasteiger partial charge on any atom is -0.496 e. The van der Waals surface area contributed by atoms with Gasteiger partial charge in [0.25, 0.3) is 0 Å². The van der Waals surface area contributed by atoms with Crippen LogP contribution in [0.15, 0.2) is 18.2 Å². The normalized spacial score (nSPS) is 13.9. The Labute approximate surface area is 102 Å². The van der Waals surface area contributed by atoms with Gasteiger partial charge in [0, 0.05) is 11.7 Å². The predicted molar refractivity (Wildman–Crippen MR) is 67.6 cm³/mol. The fourth-order valence-electron chi connectivity index (χ4n) is 1.57. The molecule has 0 radical (unpaired) electrons. The maximum Gasteiger partial charge on any atom is 0.308 e. The largest absolute Gasteiger partial charge is 0.496 e. The van der Waals surface area contributed by atoms with Crippen molar-refractivity contribution in [3.63, 3.8) is 0 Å². The molecule has 1 aromatic carbocycles. The summed E-state index contributed by atoms with van der Waals surface area (Å²) in [5.74, 6) is -0.401. The SMILES string of the molecule is COc1ccc(NC(C)C(C)C(=O)O)cc1C. The van der Waals surface area contributed by atoms with E-state index in [9.17, 15) is 4.79 Å². The quantitative estimate of drug-likeness (QED) is 0.826. The topological polar surface area (TPSA) is 58.6 Å². The highest BCUT2D eigenvalue weighted by atomic mass is 16.5. The molecule has 0 spiro atoms. The first kappa shape index (κ1) is 13.4. The van der Waals surface area contributed by atoms with Crippen LogP contribution in [-0.2, 0) is 4.79 Å². The van der Waals surface area contributed by atoms with Crippen LogP contribution in [0.5, 0.6) is 5.75 Å². The summed E-state index contributed by atoms with van der Waals surface area (Å²) in [6, 6.07) is 5.58. The summed E-state index contributed by atoms with van der Waals surface area (Å²) in [7, 11) is 1.63. The highest BCUT2D eigenvalue weighted by Gasteiger charge is 2.19. The number of ether oxygens (including phenoxy) is 1. The molecule has 0 aliphatic heterocycles. The Morgan fingerprint density at radius 1 is 1.41 bits per heavy atom. The molecule has 2 atom stereocenters. The molecule has 1 aromatic rings. The number of carbonyl (C=O) groups is 1. The van der Waals surface area contributed by atoms with Crippen molar-refractivity contribution in [1.82, 2.24) is 0 Å². The van der Waals surface area contributed by atoms with Crippen LogP contribution in [0, 0.1) is 12.8 Å². The third-order valence-electron chi connectivity index (χ3n) is 2.93. The molecule has 1 rings (SSSR count). The first-order valence-electron chi connectivity index (χ1n) is 5.59. The Morgan fingerprint density at radius 3 is 2.53 bits per heavy atom. The zero-order valence-electron chi connectivity index (χ0n) is 10.7. The number of anilines is 1. The molecule has 94 valence electrons. The lowest BCUT2D eigenvalue weighted by atomic mass is 10.0. The molecule has 0 aromatic heterocycles. The molecule has 4 heteroatoms. The zero-order chi connectivity index (χ0) is 13.0. The van der Waals surface area contributed by atoms with E-state index in [1.807, 2.05) is 32.0 Å².